The van der Waals surface area contributed by atoms with Crippen molar-refractivity contribution in [3.63, 3.8) is 0 Å². The molecule has 0 spiro atoms. The topological polar surface area (TPSA) is 94.7 Å². The fourth-order valence-electron chi connectivity index (χ4n) is 4.39. The number of rotatable bonds is 8. The molecule has 2 aliphatic heterocycles. The van der Waals surface area contributed by atoms with Gasteiger partial charge in [-0.15, -0.1) is 0 Å². The van der Waals surface area contributed by atoms with Crippen LogP contribution in [0.25, 0.3) is 0 Å². The van der Waals surface area contributed by atoms with E-state index in [1.807, 2.05) is 38.1 Å². The van der Waals surface area contributed by atoms with Crippen LogP contribution in [0.1, 0.15) is 25.8 Å². The molecule has 10 heteroatoms. The number of ether oxygens (including phenoxy) is 2. The minimum absolute atomic E-state index is 0.0341. The number of hydrogen-bond acceptors (Lipinski definition) is 6. The zero-order valence-corrected chi connectivity index (χ0v) is 20.1. The molecule has 0 radical (unpaired) electrons. The summed E-state index contributed by atoms with van der Waals surface area (Å²) in [5, 5.41) is 6.14. The Hall–Kier alpha value is -2.85. The molecule has 0 aliphatic carbocycles. The summed E-state index contributed by atoms with van der Waals surface area (Å²) in [7, 11) is 4.91. The maximum atomic E-state index is 13.3. The molecule has 10 nitrogen and oxygen atoms in total. The first-order valence-corrected chi connectivity index (χ1v) is 11.3. The highest BCUT2D eigenvalue weighted by Gasteiger charge is 2.50. The average Bonchev–Trinajstić information content (AvgIpc) is 2.78. The van der Waals surface area contributed by atoms with Crippen LogP contribution in [0.2, 0.25) is 0 Å². The van der Waals surface area contributed by atoms with Gasteiger partial charge in [0.05, 0.1) is 26.8 Å². The second-order valence-electron chi connectivity index (χ2n) is 8.87. The number of carbonyl (C=O) groups is 3. The Labute approximate surface area is 195 Å². The maximum absolute atomic E-state index is 13.3. The predicted octanol–water partition coefficient (Wildman–Crippen LogP) is 1.13. The van der Waals surface area contributed by atoms with E-state index in [2.05, 4.69) is 5.32 Å². The standard InChI is InChI=1S/C23H35N5O5/c1-16(2)12-19-22(30)26(10-11-32-4)14-20-27(19)21(29)15-25(3)28(20)23(31)24-13-17-6-8-18(33-5)9-7-17/h6-9,16,19-20H,10-15H2,1-5H3,(H,24,31)/t19-,20?/m0/s1. The Balaban J connectivity index is 1.81. The summed E-state index contributed by atoms with van der Waals surface area (Å²) >= 11 is 0. The monoisotopic (exact) mass is 461 g/mol. The van der Waals surface area contributed by atoms with Crippen LogP contribution >= 0.6 is 0 Å². The van der Waals surface area contributed by atoms with Crippen LogP contribution in [0.3, 0.4) is 0 Å². The van der Waals surface area contributed by atoms with Crippen molar-refractivity contribution in [3.8, 4) is 5.75 Å². The van der Waals surface area contributed by atoms with Gasteiger partial charge in [-0.05, 0) is 30.0 Å². The quantitative estimate of drug-likeness (QED) is 0.624. The lowest BCUT2D eigenvalue weighted by atomic mass is 9.97. The Bertz CT molecular complexity index is 846. The van der Waals surface area contributed by atoms with E-state index in [0.29, 0.717) is 26.1 Å². The van der Waals surface area contributed by atoms with Crippen molar-refractivity contribution in [2.75, 3.05) is 47.5 Å². The molecule has 0 saturated carbocycles. The van der Waals surface area contributed by atoms with Crippen LogP contribution < -0.4 is 10.1 Å². The van der Waals surface area contributed by atoms with Gasteiger partial charge in [-0.3, -0.25) is 9.59 Å². The third-order valence-electron chi connectivity index (χ3n) is 6.01. The number of fused-ring (bicyclic) bond motifs is 1. The number of benzene rings is 1. The molecule has 2 saturated heterocycles. The van der Waals surface area contributed by atoms with Crippen LogP contribution in [0.15, 0.2) is 24.3 Å². The van der Waals surface area contributed by atoms with Gasteiger partial charge in [-0.2, -0.15) is 0 Å². The molecule has 1 aromatic carbocycles. The molecular formula is C23H35N5O5. The van der Waals surface area contributed by atoms with Crippen LogP contribution in [-0.4, -0.2) is 97.4 Å². The van der Waals surface area contributed by atoms with Crippen molar-refractivity contribution in [2.24, 2.45) is 5.92 Å². The summed E-state index contributed by atoms with van der Waals surface area (Å²) in [5.74, 6) is 0.724. The van der Waals surface area contributed by atoms with Gasteiger partial charge in [0.25, 0.3) is 0 Å². The number of nitrogens with zero attached hydrogens (tertiary/aromatic N) is 4. The van der Waals surface area contributed by atoms with E-state index < -0.39 is 12.2 Å². The molecule has 33 heavy (non-hydrogen) atoms. The summed E-state index contributed by atoms with van der Waals surface area (Å²) in [6, 6.07) is 6.54. The average molecular weight is 462 g/mol. The largest absolute Gasteiger partial charge is 0.497 e. The second kappa shape index (κ2) is 10.8. The fourth-order valence-corrected chi connectivity index (χ4v) is 4.39. The Morgan fingerprint density at radius 2 is 1.88 bits per heavy atom. The minimum atomic E-state index is -0.598. The van der Waals surface area contributed by atoms with Crippen molar-refractivity contribution in [1.29, 1.82) is 0 Å². The second-order valence-corrected chi connectivity index (χ2v) is 8.87. The van der Waals surface area contributed by atoms with Crippen molar-refractivity contribution in [1.82, 2.24) is 25.1 Å². The smallest absolute Gasteiger partial charge is 0.334 e. The SMILES string of the molecule is COCCN1CC2N(C(=O)CN(C)N2C(=O)NCc2ccc(OC)cc2)[C@@H](CC(C)C)C1=O. The number of likely N-dealkylation sites (N-methyl/N-ethyl adjacent to an activating group) is 1. The molecule has 1 aromatic rings. The first kappa shape index (κ1) is 24.8. The summed E-state index contributed by atoms with van der Waals surface area (Å²) < 4.78 is 10.4. The summed E-state index contributed by atoms with van der Waals surface area (Å²) in [5.41, 5.74) is 0.926. The van der Waals surface area contributed by atoms with Gasteiger partial charge in [0.15, 0.2) is 0 Å². The highest BCUT2D eigenvalue weighted by molar-refractivity contribution is 5.91. The van der Waals surface area contributed by atoms with Gasteiger partial charge in [-0.1, -0.05) is 26.0 Å². The third kappa shape index (κ3) is 5.56. The van der Waals surface area contributed by atoms with E-state index in [1.165, 1.54) is 0 Å². The van der Waals surface area contributed by atoms with Gasteiger partial charge < -0.3 is 24.6 Å². The minimum Gasteiger partial charge on any atom is -0.497 e. The molecule has 0 aromatic heterocycles. The number of methoxy groups -OCH3 is 2. The Morgan fingerprint density at radius 1 is 1.18 bits per heavy atom. The van der Waals surface area contributed by atoms with Gasteiger partial charge in [0, 0.05) is 27.2 Å². The highest BCUT2D eigenvalue weighted by atomic mass is 16.5. The van der Waals surface area contributed by atoms with E-state index in [9.17, 15) is 14.4 Å². The number of amides is 4. The fraction of sp³-hybridized carbons (Fsp3) is 0.609. The molecule has 1 unspecified atom stereocenters. The third-order valence-corrected chi connectivity index (χ3v) is 6.01. The van der Waals surface area contributed by atoms with E-state index in [4.69, 9.17) is 9.47 Å². The first-order valence-electron chi connectivity index (χ1n) is 11.3. The molecule has 2 atom stereocenters. The Kier molecular flexibility index (Phi) is 8.15. The number of hydrazine groups is 1. The van der Waals surface area contributed by atoms with Crippen molar-refractivity contribution in [3.05, 3.63) is 29.8 Å². The van der Waals surface area contributed by atoms with E-state index >= 15 is 0 Å². The lowest BCUT2D eigenvalue weighted by Gasteiger charge is -2.54. The molecule has 2 heterocycles. The van der Waals surface area contributed by atoms with Gasteiger partial charge in [0.1, 0.15) is 18.0 Å². The molecule has 182 valence electrons. The van der Waals surface area contributed by atoms with E-state index in [1.54, 1.807) is 41.1 Å². The molecular weight excluding hydrogens is 426 g/mol. The zero-order chi connectivity index (χ0) is 24.1. The van der Waals surface area contributed by atoms with Crippen LogP contribution in [0, 0.1) is 5.92 Å². The summed E-state index contributed by atoms with van der Waals surface area (Å²) in [6.07, 6.45) is -0.0410. The van der Waals surface area contributed by atoms with Crippen LogP contribution in [-0.2, 0) is 20.9 Å². The van der Waals surface area contributed by atoms with Gasteiger partial charge >= 0.3 is 6.03 Å². The van der Waals surface area contributed by atoms with Crippen LogP contribution in [0.4, 0.5) is 4.79 Å². The predicted molar refractivity (Wildman–Crippen MR) is 122 cm³/mol. The normalized spacial score (nSPS) is 21.5. The maximum Gasteiger partial charge on any atom is 0.334 e. The highest BCUT2D eigenvalue weighted by Crippen LogP contribution is 2.28. The molecule has 4 amide bonds. The number of piperazine rings is 1. The summed E-state index contributed by atoms with van der Waals surface area (Å²) in [6.45, 7) is 5.45. The molecule has 3 rings (SSSR count). The molecule has 0 bridgehead atoms. The van der Waals surface area contributed by atoms with Crippen LogP contribution in [0.5, 0.6) is 5.75 Å². The zero-order valence-electron chi connectivity index (χ0n) is 20.1. The lowest BCUT2D eigenvalue weighted by Crippen LogP contribution is -2.76. The van der Waals surface area contributed by atoms with Gasteiger partial charge in [0.2, 0.25) is 11.8 Å². The van der Waals surface area contributed by atoms with Gasteiger partial charge in [-0.25, -0.2) is 14.8 Å². The van der Waals surface area contributed by atoms with Crippen molar-refractivity contribution in [2.45, 2.75) is 39.0 Å². The molecule has 1 N–H and O–H groups in total. The van der Waals surface area contributed by atoms with E-state index in [0.717, 1.165) is 11.3 Å². The van der Waals surface area contributed by atoms with Crippen molar-refractivity contribution < 1.29 is 23.9 Å². The number of nitrogens with one attached hydrogen (secondary N) is 1. The molecule has 2 fully saturated rings. The summed E-state index contributed by atoms with van der Waals surface area (Å²) in [4.78, 5) is 42.8. The molecule has 2 aliphatic rings. The number of carbonyl (C=O) groups excluding carboxylic acids is 3. The first-order chi connectivity index (χ1) is 15.8. The van der Waals surface area contributed by atoms with E-state index in [-0.39, 0.29) is 36.9 Å². The number of hydrogen-bond donors (Lipinski definition) is 1. The lowest BCUT2D eigenvalue weighted by molar-refractivity contribution is -0.188. The Morgan fingerprint density at radius 3 is 2.48 bits per heavy atom. The number of urea groups is 1. The van der Waals surface area contributed by atoms with Crippen molar-refractivity contribution >= 4 is 17.8 Å².